The monoisotopic (exact) mass is 319 g/mol. The number of hydrogen-bond acceptors (Lipinski definition) is 2. The number of nitrogens with zero attached hydrogens (tertiary/aromatic N) is 1. The van der Waals surface area contributed by atoms with Gasteiger partial charge < -0.3 is 0 Å². The Labute approximate surface area is 144 Å². The topological polar surface area (TPSA) is 20.3 Å². The van der Waals surface area contributed by atoms with Gasteiger partial charge in [0.25, 0.3) is 0 Å². The average Bonchev–Trinajstić information content (AvgIpc) is 2.98. The third-order valence-electron chi connectivity index (χ3n) is 5.67. The summed E-state index contributed by atoms with van der Waals surface area (Å²) in [6.45, 7) is 2.27. The van der Waals surface area contributed by atoms with Crippen molar-refractivity contribution in [1.29, 1.82) is 0 Å². The third-order valence-corrected chi connectivity index (χ3v) is 5.67. The number of fused-ring (bicyclic) bond motifs is 1. The number of carbonyl (C=O) groups excluding carboxylic acids is 1. The molecule has 1 aliphatic carbocycles. The zero-order valence-corrected chi connectivity index (χ0v) is 14.2. The SMILES string of the molecule is O=C1c2ccccc2CC1C(Cc1ccccc1)N1CCCCC1. The van der Waals surface area contributed by atoms with Gasteiger partial charge in [-0.25, -0.2) is 0 Å². The van der Waals surface area contributed by atoms with Crippen LogP contribution in [0.4, 0.5) is 0 Å². The predicted octanol–water partition coefficient (Wildman–Crippen LogP) is 4.14. The fourth-order valence-electron chi connectivity index (χ4n) is 4.41. The summed E-state index contributed by atoms with van der Waals surface area (Å²) in [5, 5.41) is 0. The van der Waals surface area contributed by atoms with Crippen molar-refractivity contribution in [3.63, 3.8) is 0 Å². The molecule has 2 unspecified atom stereocenters. The van der Waals surface area contributed by atoms with Crippen LogP contribution in [0.25, 0.3) is 0 Å². The first-order valence-corrected chi connectivity index (χ1v) is 9.23. The van der Waals surface area contributed by atoms with Crippen molar-refractivity contribution in [3.05, 3.63) is 71.3 Å². The standard InChI is InChI=1S/C22H25NO/c24-22-19-12-6-5-11-18(19)16-20(22)21(23-13-7-2-8-14-23)15-17-9-3-1-4-10-17/h1,3-6,9-12,20-21H,2,7-8,13-16H2. The normalized spacial score (nSPS) is 22.3. The molecule has 0 radical (unpaired) electrons. The van der Waals surface area contributed by atoms with E-state index in [1.54, 1.807) is 0 Å². The summed E-state index contributed by atoms with van der Waals surface area (Å²) in [6.07, 6.45) is 5.74. The molecule has 2 nitrogen and oxygen atoms in total. The van der Waals surface area contributed by atoms with Crippen LogP contribution in [0.1, 0.15) is 40.7 Å². The highest BCUT2D eigenvalue weighted by Crippen LogP contribution is 2.33. The van der Waals surface area contributed by atoms with Crippen molar-refractivity contribution in [2.45, 2.75) is 38.1 Å². The molecule has 0 spiro atoms. The van der Waals surface area contributed by atoms with E-state index in [-0.39, 0.29) is 5.92 Å². The maximum atomic E-state index is 13.0. The Hall–Kier alpha value is -1.93. The summed E-state index contributed by atoms with van der Waals surface area (Å²) in [5.74, 6) is 0.470. The summed E-state index contributed by atoms with van der Waals surface area (Å²) in [5.41, 5.74) is 3.54. The largest absolute Gasteiger partial charge is 0.299 e. The van der Waals surface area contributed by atoms with Crippen LogP contribution in [0.3, 0.4) is 0 Å². The molecule has 124 valence electrons. The van der Waals surface area contributed by atoms with E-state index in [2.05, 4.69) is 47.4 Å². The summed E-state index contributed by atoms with van der Waals surface area (Å²) < 4.78 is 0. The van der Waals surface area contributed by atoms with Crippen molar-refractivity contribution >= 4 is 5.78 Å². The minimum atomic E-state index is 0.112. The number of hydrogen-bond donors (Lipinski definition) is 0. The molecular formula is C22H25NO. The Bertz CT molecular complexity index is 703. The van der Waals surface area contributed by atoms with Gasteiger partial charge in [-0.1, -0.05) is 61.0 Å². The van der Waals surface area contributed by atoms with E-state index in [0.717, 1.165) is 31.5 Å². The lowest BCUT2D eigenvalue weighted by Crippen LogP contribution is -2.46. The number of rotatable bonds is 4. The molecule has 0 amide bonds. The number of piperidine rings is 1. The van der Waals surface area contributed by atoms with E-state index >= 15 is 0 Å². The van der Waals surface area contributed by atoms with E-state index < -0.39 is 0 Å². The first-order valence-electron chi connectivity index (χ1n) is 9.23. The first-order chi connectivity index (χ1) is 11.8. The molecule has 1 heterocycles. The molecular weight excluding hydrogens is 294 g/mol. The van der Waals surface area contributed by atoms with Gasteiger partial charge in [0.15, 0.2) is 5.78 Å². The highest BCUT2D eigenvalue weighted by atomic mass is 16.1. The van der Waals surface area contributed by atoms with Gasteiger partial charge in [0, 0.05) is 17.5 Å². The zero-order valence-electron chi connectivity index (χ0n) is 14.2. The van der Waals surface area contributed by atoms with E-state index in [4.69, 9.17) is 0 Å². The van der Waals surface area contributed by atoms with Gasteiger partial charge >= 0.3 is 0 Å². The van der Waals surface area contributed by atoms with Gasteiger partial charge in [-0.05, 0) is 49.9 Å². The van der Waals surface area contributed by atoms with E-state index in [1.165, 1.54) is 30.4 Å². The zero-order chi connectivity index (χ0) is 16.4. The Morgan fingerprint density at radius 3 is 2.38 bits per heavy atom. The van der Waals surface area contributed by atoms with Crippen LogP contribution in [-0.2, 0) is 12.8 Å². The van der Waals surface area contributed by atoms with Gasteiger partial charge in [0.1, 0.15) is 0 Å². The molecule has 2 aliphatic rings. The summed E-state index contributed by atoms with van der Waals surface area (Å²) in [4.78, 5) is 15.6. The van der Waals surface area contributed by atoms with Gasteiger partial charge in [0.05, 0.1) is 0 Å². The van der Waals surface area contributed by atoms with Gasteiger partial charge in [-0.2, -0.15) is 0 Å². The van der Waals surface area contributed by atoms with Crippen LogP contribution in [-0.4, -0.2) is 29.8 Å². The maximum absolute atomic E-state index is 13.0. The summed E-state index contributed by atoms with van der Waals surface area (Å²) in [7, 11) is 0. The number of ketones is 1. The molecule has 4 rings (SSSR count). The van der Waals surface area contributed by atoms with Crippen LogP contribution in [0, 0.1) is 5.92 Å². The van der Waals surface area contributed by atoms with Crippen LogP contribution in [0.2, 0.25) is 0 Å². The van der Waals surface area contributed by atoms with E-state index in [0.29, 0.717) is 11.8 Å². The molecule has 1 saturated heterocycles. The minimum absolute atomic E-state index is 0.112. The Kier molecular flexibility index (Phi) is 4.48. The number of carbonyl (C=O) groups is 1. The summed E-state index contributed by atoms with van der Waals surface area (Å²) >= 11 is 0. The highest BCUT2D eigenvalue weighted by molar-refractivity contribution is 6.02. The Balaban J connectivity index is 1.62. The average molecular weight is 319 g/mol. The van der Waals surface area contributed by atoms with Crippen molar-refractivity contribution in [2.75, 3.05) is 13.1 Å². The van der Waals surface area contributed by atoms with Crippen molar-refractivity contribution in [2.24, 2.45) is 5.92 Å². The predicted molar refractivity (Wildman–Crippen MR) is 97.3 cm³/mol. The van der Waals surface area contributed by atoms with Gasteiger partial charge in [0.2, 0.25) is 0 Å². The van der Waals surface area contributed by atoms with E-state index in [9.17, 15) is 4.79 Å². The second-order valence-electron chi connectivity index (χ2n) is 7.19. The number of benzene rings is 2. The molecule has 0 saturated carbocycles. The van der Waals surface area contributed by atoms with Crippen LogP contribution in [0.15, 0.2) is 54.6 Å². The third kappa shape index (κ3) is 3.03. The summed E-state index contributed by atoms with van der Waals surface area (Å²) in [6, 6.07) is 19.2. The number of likely N-dealkylation sites (tertiary alicyclic amines) is 1. The fraction of sp³-hybridized carbons (Fsp3) is 0.409. The van der Waals surface area contributed by atoms with Gasteiger partial charge in [-0.15, -0.1) is 0 Å². The molecule has 24 heavy (non-hydrogen) atoms. The quantitative estimate of drug-likeness (QED) is 0.844. The molecule has 0 bridgehead atoms. The second kappa shape index (κ2) is 6.90. The first kappa shape index (κ1) is 15.6. The highest BCUT2D eigenvalue weighted by Gasteiger charge is 2.38. The number of Topliss-reactive ketones (excluding diaryl/α,β-unsaturated/α-hetero) is 1. The Morgan fingerprint density at radius 2 is 1.62 bits per heavy atom. The molecule has 1 aliphatic heterocycles. The van der Waals surface area contributed by atoms with Crippen LogP contribution >= 0.6 is 0 Å². The fourth-order valence-corrected chi connectivity index (χ4v) is 4.41. The van der Waals surface area contributed by atoms with Crippen LogP contribution in [0.5, 0.6) is 0 Å². The molecule has 2 atom stereocenters. The molecule has 0 N–H and O–H groups in total. The van der Waals surface area contributed by atoms with Crippen molar-refractivity contribution in [3.8, 4) is 0 Å². The van der Waals surface area contributed by atoms with Crippen LogP contribution < -0.4 is 0 Å². The minimum Gasteiger partial charge on any atom is -0.299 e. The maximum Gasteiger partial charge on any atom is 0.168 e. The smallest absolute Gasteiger partial charge is 0.168 e. The lowest BCUT2D eigenvalue weighted by Gasteiger charge is -2.37. The molecule has 2 heteroatoms. The Morgan fingerprint density at radius 1 is 0.917 bits per heavy atom. The molecule has 1 fully saturated rings. The molecule has 2 aromatic rings. The van der Waals surface area contributed by atoms with Crippen molar-refractivity contribution < 1.29 is 4.79 Å². The lowest BCUT2D eigenvalue weighted by molar-refractivity contribution is 0.0756. The lowest BCUT2D eigenvalue weighted by atomic mass is 9.88. The molecule has 0 aromatic heterocycles. The van der Waals surface area contributed by atoms with Gasteiger partial charge in [-0.3, -0.25) is 9.69 Å². The van der Waals surface area contributed by atoms with E-state index in [1.807, 2.05) is 12.1 Å². The van der Waals surface area contributed by atoms with Crippen molar-refractivity contribution in [1.82, 2.24) is 4.90 Å². The molecule has 2 aromatic carbocycles. The second-order valence-corrected chi connectivity index (χ2v) is 7.19.